The summed E-state index contributed by atoms with van der Waals surface area (Å²) < 4.78 is 5.71. The van der Waals surface area contributed by atoms with Gasteiger partial charge in [-0.3, -0.25) is 10.1 Å². The van der Waals surface area contributed by atoms with Crippen molar-refractivity contribution < 1.29 is 9.53 Å². The lowest BCUT2D eigenvalue weighted by Gasteiger charge is -2.38. The van der Waals surface area contributed by atoms with Crippen LogP contribution in [0.2, 0.25) is 0 Å². The molecule has 1 heterocycles. The molecule has 1 aliphatic carbocycles. The van der Waals surface area contributed by atoms with Crippen molar-refractivity contribution in [1.29, 1.82) is 0 Å². The molecule has 5 rings (SSSR count). The Bertz CT molecular complexity index is 1260. The highest BCUT2D eigenvalue weighted by atomic mass is 16.5. The Morgan fingerprint density at radius 3 is 2.49 bits per heavy atom. The molecule has 1 fully saturated rings. The van der Waals surface area contributed by atoms with E-state index in [-0.39, 0.29) is 23.5 Å². The van der Waals surface area contributed by atoms with E-state index in [1.54, 1.807) is 7.11 Å². The van der Waals surface area contributed by atoms with E-state index in [1.807, 2.05) is 6.07 Å². The van der Waals surface area contributed by atoms with Gasteiger partial charge in [-0.1, -0.05) is 87.5 Å². The van der Waals surface area contributed by atoms with E-state index in [1.165, 1.54) is 22.3 Å². The Morgan fingerprint density at radius 1 is 1.03 bits per heavy atom. The van der Waals surface area contributed by atoms with Gasteiger partial charge in [-0.05, 0) is 66.3 Å². The first-order valence-electron chi connectivity index (χ1n) is 13.6. The summed E-state index contributed by atoms with van der Waals surface area (Å²) in [6, 6.07) is 25.5. The minimum absolute atomic E-state index is 0.0368. The SMILES string of the molecule is COc1ccc(C(C)(C)C)cc1CNC1CCC(c2ccccc2)N1C(=O)C1(C)CCc2ccccc21. The van der Waals surface area contributed by atoms with Gasteiger partial charge in [0.2, 0.25) is 5.91 Å². The summed E-state index contributed by atoms with van der Waals surface area (Å²) in [6.45, 7) is 9.49. The zero-order chi connectivity index (χ0) is 26.2. The normalized spacial score (nSPS) is 23.2. The third-order valence-corrected chi connectivity index (χ3v) is 8.46. The molecule has 0 aromatic heterocycles. The molecule has 194 valence electrons. The number of benzene rings is 3. The molecule has 1 N–H and O–H groups in total. The van der Waals surface area contributed by atoms with E-state index in [2.05, 4.69) is 105 Å². The van der Waals surface area contributed by atoms with Gasteiger partial charge in [-0.2, -0.15) is 0 Å². The number of rotatable bonds is 6. The topological polar surface area (TPSA) is 41.6 Å². The second-order valence-electron chi connectivity index (χ2n) is 11.9. The average molecular weight is 497 g/mol. The lowest BCUT2D eigenvalue weighted by molar-refractivity contribution is -0.140. The molecule has 0 bridgehead atoms. The quantitative estimate of drug-likeness (QED) is 0.414. The van der Waals surface area contributed by atoms with Gasteiger partial charge in [-0.25, -0.2) is 0 Å². The van der Waals surface area contributed by atoms with Crippen molar-refractivity contribution in [1.82, 2.24) is 10.2 Å². The van der Waals surface area contributed by atoms with E-state index in [0.717, 1.165) is 37.0 Å². The van der Waals surface area contributed by atoms with Gasteiger partial charge < -0.3 is 9.64 Å². The number of ether oxygens (including phenoxy) is 1. The molecule has 4 heteroatoms. The molecule has 4 nitrogen and oxygen atoms in total. The smallest absolute Gasteiger partial charge is 0.234 e. The van der Waals surface area contributed by atoms with Gasteiger partial charge in [0.15, 0.2) is 0 Å². The van der Waals surface area contributed by atoms with Crippen molar-refractivity contribution >= 4 is 5.91 Å². The minimum Gasteiger partial charge on any atom is -0.496 e. The molecule has 3 unspecified atom stereocenters. The summed E-state index contributed by atoms with van der Waals surface area (Å²) in [5, 5.41) is 3.77. The van der Waals surface area contributed by atoms with E-state index in [9.17, 15) is 4.79 Å². The predicted octanol–water partition coefficient (Wildman–Crippen LogP) is 6.68. The fraction of sp³-hybridized carbons (Fsp3) is 0.424. The van der Waals surface area contributed by atoms with Crippen LogP contribution in [0.5, 0.6) is 5.75 Å². The maximum Gasteiger partial charge on any atom is 0.234 e. The van der Waals surface area contributed by atoms with Crippen LogP contribution in [0.1, 0.15) is 80.8 Å². The molecule has 2 aliphatic rings. The number of carbonyl (C=O) groups is 1. The Kier molecular flexibility index (Phi) is 6.89. The molecule has 0 saturated carbocycles. The standard InChI is InChI=1S/C33H40N2O2/c1-32(2,3)26-15-17-29(37-5)25(21-26)22-34-30-18-16-28(24-12-7-6-8-13-24)35(30)31(36)33(4)20-19-23-11-9-10-14-27(23)33/h6-15,17,21,28,30,34H,16,18-20,22H2,1-5H3. The van der Waals surface area contributed by atoms with Gasteiger partial charge in [-0.15, -0.1) is 0 Å². The third kappa shape index (κ3) is 4.80. The van der Waals surface area contributed by atoms with Crippen LogP contribution < -0.4 is 10.1 Å². The van der Waals surface area contributed by atoms with Crippen molar-refractivity contribution in [3.05, 3.63) is 101 Å². The minimum atomic E-state index is -0.502. The summed E-state index contributed by atoms with van der Waals surface area (Å²) in [6.07, 6.45) is 3.65. The largest absolute Gasteiger partial charge is 0.496 e. The number of carbonyl (C=O) groups excluding carboxylic acids is 1. The maximum absolute atomic E-state index is 14.5. The Labute approximate surface area is 222 Å². The maximum atomic E-state index is 14.5. The first-order valence-corrected chi connectivity index (χ1v) is 13.6. The highest BCUT2D eigenvalue weighted by Crippen LogP contribution is 2.45. The molecule has 1 amide bonds. The predicted molar refractivity (Wildman–Crippen MR) is 150 cm³/mol. The number of methoxy groups -OCH3 is 1. The van der Waals surface area contributed by atoms with Crippen LogP contribution in [0.15, 0.2) is 72.8 Å². The van der Waals surface area contributed by atoms with E-state index >= 15 is 0 Å². The molecule has 3 aromatic carbocycles. The molecule has 37 heavy (non-hydrogen) atoms. The summed E-state index contributed by atoms with van der Waals surface area (Å²) in [5.41, 5.74) is 5.67. The van der Waals surface area contributed by atoms with E-state index in [0.29, 0.717) is 6.54 Å². The number of likely N-dealkylation sites (tertiary alicyclic amines) is 1. The second kappa shape index (κ2) is 9.98. The number of aryl methyl sites for hydroxylation is 1. The number of hydrogen-bond acceptors (Lipinski definition) is 3. The highest BCUT2D eigenvalue weighted by Gasteiger charge is 2.48. The van der Waals surface area contributed by atoms with Gasteiger partial charge >= 0.3 is 0 Å². The van der Waals surface area contributed by atoms with Crippen molar-refractivity contribution in [3.63, 3.8) is 0 Å². The van der Waals surface area contributed by atoms with Crippen LogP contribution in [-0.2, 0) is 28.6 Å². The fourth-order valence-corrected chi connectivity index (χ4v) is 6.21. The zero-order valence-corrected chi connectivity index (χ0v) is 22.9. The van der Waals surface area contributed by atoms with Crippen molar-refractivity contribution in [2.75, 3.05) is 7.11 Å². The van der Waals surface area contributed by atoms with Gasteiger partial charge in [0.1, 0.15) is 5.75 Å². The lowest BCUT2D eigenvalue weighted by atomic mass is 9.82. The fourth-order valence-electron chi connectivity index (χ4n) is 6.21. The van der Waals surface area contributed by atoms with Gasteiger partial charge in [0, 0.05) is 12.1 Å². The monoisotopic (exact) mass is 496 g/mol. The highest BCUT2D eigenvalue weighted by molar-refractivity contribution is 5.90. The van der Waals surface area contributed by atoms with Gasteiger partial charge in [0.25, 0.3) is 0 Å². The molecule has 1 aliphatic heterocycles. The number of fused-ring (bicyclic) bond motifs is 1. The van der Waals surface area contributed by atoms with Crippen LogP contribution in [0.3, 0.4) is 0 Å². The first-order chi connectivity index (χ1) is 17.7. The summed E-state index contributed by atoms with van der Waals surface area (Å²) in [7, 11) is 1.73. The third-order valence-electron chi connectivity index (χ3n) is 8.46. The van der Waals surface area contributed by atoms with E-state index in [4.69, 9.17) is 4.74 Å². The van der Waals surface area contributed by atoms with Crippen molar-refractivity contribution in [3.8, 4) is 5.75 Å². The Balaban J connectivity index is 1.46. The summed E-state index contributed by atoms with van der Waals surface area (Å²) >= 11 is 0. The first kappa shape index (κ1) is 25.5. The number of nitrogens with zero attached hydrogens (tertiary/aromatic N) is 1. The lowest BCUT2D eigenvalue weighted by Crippen LogP contribution is -2.51. The molecule has 0 radical (unpaired) electrons. The van der Waals surface area contributed by atoms with Crippen LogP contribution in [0, 0.1) is 0 Å². The Hall–Kier alpha value is -3.11. The Morgan fingerprint density at radius 2 is 1.76 bits per heavy atom. The molecule has 3 atom stereocenters. The van der Waals surface area contributed by atoms with Crippen LogP contribution >= 0.6 is 0 Å². The molecule has 0 spiro atoms. The zero-order valence-electron chi connectivity index (χ0n) is 22.9. The second-order valence-corrected chi connectivity index (χ2v) is 11.9. The number of hydrogen-bond donors (Lipinski definition) is 1. The number of nitrogens with one attached hydrogen (secondary N) is 1. The van der Waals surface area contributed by atoms with Crippen LogP contribution in [-0.4, -0.2) is 24.1 Å². The van der Waals surface area contributed by atoms with Crippen molar-refractivity contribution in [2.24, 2.45) is 0 Å². The van der Waals surface area contributed by atoms with Crippen LogP contribution in [0.4, 0.5) is 0 Å². The average Bonchev–Trinajstić information content (AvgIpc) is 3.49. The van der Waals surface area contributed by atoms with Crippen LogP contribution in [0.25, 0.3) is 0 Å². The van der Waals surface area contributed by atoms with Gasteiger partial charge in [0.05, 0.1) is 24.7 Å². The molecule has 1 saturated heterocycles. The molecular formula is C33H40N2O2. The van der Waals surface area contributed by atoms with E-state index < -0.39 is 5.41 Å². The molecule has 3 aromatic rings. The van der Waals surface area contributed by atoms with Crippen molar-refractivity contribution in [2.45, 2.75) is 83.0 Å². The number of amides is 1. The summed E-state index contributed by atoms with van der Waals surface area (Å²) in [5.74, 6) is 1.12. The summed E-state index contributed by atoms with van der Waals surface area (Å²) in [4.78, 5) is 16.7. The molecular weight excluding hydrogens is 456 g/mol.